The molecule has 0 saturated heterocycles. The first-order valence-corrected chi connectivity index (χ1v) is 7.72. The molecule has 0 aliphatic heterocycles. The Bertz CT molecular complexity index is 585. The second-order valence-electron chi connectivity index (χ2n) is 5.70. The van der Waals surface area contributed by atoms with Crippen molar-refractivity contribution in [2.75, 3.05) is 6.54 Å². The summed E-state index contributed by atoms with van der Waals surface area (Å²) < 4.78 is 1.73. The van der Waals surface area contributed by atoms with Gasteiger partial charge in [0.1, 0.15) is 0 Å². The van der Waals surface area contributed by atoms with Gasteiger partial charge in [0.2, 0.25) is 0 Å². The monoisotopic (exact) mass is 283 g/mol. The number of para-hydroxylation sites is 1. The highest BCUT2D eigenvalue weighted by molar-refractivity contribution is 5.92. The molecule has 21 heavy (non-hydrogen) atoms. The molecule has 1 amide bonds. The zero-order valence-electron chi connectivity index (χ0n) is 12.2. The summed E-state index contributed by atoms with van der Waals surface area (Å²) in [6.45, 7) is 0.775. The van der Waals surface area contributed by atoms with Crippen molar-refractivity contribution in [3.8, 4) is 5.69 Å². The van der Waals surface area contributed by atoms with Gasteiger partial charge in [-0.15, -0.1) is 0 Å². The molecule has 2 aromatic rings. The normalized spacial score (nSPS) is 15.8. The van der Waals surface area contributed by atoms with Gasteiger partial charge in [0, 0.05) is 12.7 Å². The first-order chi connectivity index (χ1) is 10.3. The highest BCUT2D eigenvalue weighted by Crippen LogP contribution is 2.22. The van der Waals surface area contributed by atoms with Gasteiger partial charge < -0.3 is 5.32 Å². The van der Waals surface area contributed by atoms with Gasteiger partial charge in [0.05, 0.1) is 5.69 Å². The van der Waals surface area contributed by atoms with E-state index in [1.54, 1.807) is 10.7 Å². The third kappa shape index (κ3) is 3.51. The van der Waals surface area contributed by atoms with Crippen LogP contribution in [0.4, 0.5) is 0 Å². The topological polar surface area (TPSA) is 46.9 Å². The van der Waals surface area contributed by atoms with E-state index in [4.69, 9.17) is 0 Å². The fraction of sp³-hybridized carbons (Fsp3) is 0.412. The molecule has 4 heteroatoms. The molecule has 1 saturated carbocycles. The van der Waals surface area contributed by atoms with E-state index in [1.807, 2.05) is 36.5 Å². The Kier molecular flexibility index (Phi) is 4.34. The van der Waals surface area contributed by atoms with Crippen LogP contribution in [0.15, 0.2) is 42.6 Å². The number of nitrogens with one attached hydrogen (secondary N) is 1. The van der Waals surface area contributed by atoms with Gasteiger partial charge in [0.15, 0.2) is 5.69 Å². The molecular weight excluding hydrogens is 262 g/mol. The number of rotatable bonds is 4. The summed E-state index contributed by atoms with van der Waals surface area (Å²) in [5, 5.41) is 7.37. The second-order valence-corrected chi connectivity index (χ2v) is 5.70. The van der Waals surface area contributed by atoms with Gasteiger partial charge in [-0.2, -0.15) is 5.10 Å². The van der Waals surface area contributed by atoms with Crippen LogP contribution in [-0.2, 0) is 0 Å². The van der Waals surface area contributed by atoms with Gasteiger partial charge >= 0.3 is 0 Å². The molecule has 1 aromatic carbocycles. The number of hydrogen-bond donors (Lipinski definition) is 1. The van der Waals surface area contributed by atoms with E-state index < -0.39 is 0 Å². The molecule has 0 radical (unpaired) electrons. The van der Waals surface area contributed by atoms with Crippen molar-refractivity contribution in [1.29, 1.82) is 0 Å². The van der Waals surface area contributed by atoms with E-state index in [9.17, 15) is 4.79 Å². The van der Waals surface area contributed by atoms with Crippen molar-refractivity contribution < 1.29 is 4.79 Å². The molecule has 0 atom stereocenters. The van der Waals surface area contributed by atoms with Crippen molar-refractivity contribution in [1.82, 2.24) is 15.1 Å². The second kappa shape index (κ2) is 6.57. The average Bonchev–Trinajstić information content (AvgIpc) is 3.04. The smallest absolute Gasteiger partial charge is 0.271 e. The lowest BCUT2D eigenvalue weighted by Gasteiger charge is -2.21. The summed E-state index contributed by atoms with van der Waals surface area (Å²) in [6, 6.07) is 11.6. The van der Waals surface area contributed by atoms with Crippen molar-refractivity contribution in [2.24, 2.45) is 5.92 Å². The molecule has 0 spiro atoms. The molecule has 0 unspecified atom stereocenters. The van der Waals surface area contributed by atoms with Crippen molar-refractivity contribution in [2.45, 2.75) is 32.1 Å². The van der Waals surface area contributed by atoms with Crippen molar-refractivity contribution >= 4 is 5.91 Å². The van der Waals surface area contributed by atoms with Crippen LogP contribution in [0.1, 0.15) is 42.6 Å². The van der Waals surface area contributed by atoms with Gasteiger partial charge in [-0.05, 0) is 37.0 Å². The highest BCUT2D eigenvalue weighted by atomic mass is 16.1. The minimum Gasteiger partial charge on any atom is -0.350 e. The molecule has 1 fully saturated rings. The third-order valence-electron chi connectivity index (χ3n) is 4.12. The SMILES string of the molecule is O=C(NCC1CCCCC1)c1ccn(-c2ccccc2)n1. The minimum atomic E-state index is -0.0738. The number of benzene rings is 1. The Morgan fingerprint density at radius 3 is 2.67 bits per heavy atom. The molecule has 3 rings (SSSR count). The van der Waals surface area contributed by atoms with Crippen LogP contribution in [0, 0.1) is 5.92 Å². The molecule has 4 nitrogen and oxygen atoms in total. The molecule has 1 aromatic heterocycles. The van der Waals surface area contributed by atoms with Crippen LogP contribution < -0.4 is 5.32 Å². The molecule has 1 N–H and O–H groups in total. The van der Waals surface area contributed by atoms with Crippen LogP contribution in [0.25, 0.3) is 5.69 Å². The molecule has 1 aliphatic carbocycles. The number of aromatic nitrogens is 2. The lowest BCUT2D eigenvalue weighted by Crippen LogP contribution is -2.30. The number of carbonyl (C=O) groups is 1. The summed E-state index contributed by atoms with van der Waals surface area (Å²) in [6.07, 6.45) is 8.22. The number of carbonyl (C=O) groups excluding carboxylic acids is 1. The largest absolute Gasteiger partial charge is 0.350 e. The van der Waals surface area contributed by atoms with Gasteiger partial charge in [-0.25, -0.2) is 4.68 Å². The Morgan fingerprint density at radius 1 is 1.14 bits per heavy atom. The number of nitrogens with zero attached hydrogens (tertiary/aromatic N) is 2. The maximum Gasteiger partial charge on any atom is 0.271 e. The highest BCUT2D eigenvalue weighted by Gasteiger charge is 2.16. The zero-order valence-corrected chi connectivity index (χ0v) is 12.2. The third-order valence-corrected chi connectivity index (χ3v) is 4.12. The van der Waals surface area contributed by atoms with E-state index >= 15 is 0 Å². The summed E-state index contributed by atoms with van der Waals surface area (Å²) in [7, 11) is 0. The van der Waals surface area contributed by atoms with Crippen LogP contribution in [0.5, 0.6) is 0 Å². The fourth-order valence-electron chi connectivity index (χ4n) is 2.89. The summed E-state index contributed by atoms with van der Waals surface area (Å²) in [4.78, 5) is 12.1. The Morgan fingerprint density at radius 2 is 1.90 bits per heavy atom. The number of hydrogen-bond acceptors (Lipinski definition) is 2. The molecule has 1 heterocycles. The van der Waals surface area contributed by atoms with Crippen LogP contribution in [0.3, 0.4) is 0 Å². The fourth-order valence-corrected chi connectivity index (χ4v) is 2.89. The lowest BCUT2D eigenvalue weighted by atomic mass is 9.89. The standard InChI is InChI=1S/C17H21N3O/c21-17(18-13-14-7-3-1-4-8-14)16-11-12-20(19-16)15-9-5-2-6-10-15/h2,5-6,9-12,14H,1,3-4,7-8,13H2,(H,18,21). The van der Waals surface area contributed by atoms with Gasteiger partial charge in [-0.1, -0.05) is 37.5 Å². The number of amides is 1. The molecular formula is C17H21N3O. The maximum absolute atomic E-state index is 12.1. The summed E-state index contributed by atoms with van der Waals surface area (Å²) in [5.41, 5.74) is 1.44. The summed E-state index contributed by atoms with van der Waals surface area (Å²) in [5.74, 6) is 0.564. The lowest BCUT2D eigenvalue weighted by molar-refractivity contribution is 0.0938. The predicted octanol–water partition coefficient (Wildman–Crippen LogP) is 3.18. The van der Waals surface area contributed by atoms with E-state index in [-0.39, 0.29) is 5.91 Å². The van der Waals surface area contributed by atoms with Crippen LogP contribution in [0.2, 0.25) is 0 Å². The van der Waals surface area contributed by atoms with E-state index in [0.29, 0.717) is 11.6 Å². The first-order valence-electron chi connectivity index (χ1n) is 7.72. The first kappa shape index (κ1) is 13.9. The van der Waals surface area contributed by atoms with Crippen LogP contribution >= 0.6 is 0 Å². The van der Waals surface area contributed by atoms with Gasteiger partial charge in [0.25, 0.3) is 5.91 Å². The van der Waals surface area contributed by atoms with E-state index in [1.165, 1.54) is 32.1 Å². The minimum absolute atomic E-state index is 0.0738. The average molecular weight is 283 g/mol. The van der Waals surface area contributed by atoms with E-state index in [2.05, 4.69) is 10.4 Å². The maximum atomic E-state index is 12.1. The summed E-state index contributed by atoms with van der Waals surface area (Å²) >= 11 is 0. The van der Waals surface area contributed by atoms with Crippen molar-refractivity contribution in [3.05, 3.63) is 48.3 Å². The predicted molar refractivity (Wildman–Crippen MR) is 82.5 cm³/mol. The van der Waals surface area contributed by atoms with E-state index in [0.717, 1.165) is 12.2 Å². The molecule has 0 bridgehead atoms. The Hall–Kier alpha value is -2.10. The zero-order chi connectivity index (χ0) is 14.5. The van der Waals surface area contributed by atoms with Gasteiger partial charge in [-0.3, -0.25) is 4.79 Å². The Labute approximate surface area is 125 Å². The quantitative estimate of drug-likeness (QED) is 0.936. The van der Waals surface area contributed by atoms with Crippen molar-refractivity contribution in [3.63, 3.8) is 0 Å². The van der Waals surface area contributed by atoms with Crippen LogP contribution in [-0.4, -0.2) is 22.2 Å². The Balaban J connectivity index is 1.59. The molecule has 110 valence electrons. The molecule has 1 aliphatic rings.